The number of benzene rings is 6. The zero-order chi connectivity index (χ0) is 59.2. The molecule has 6 heterocycles. The normalized spacial score (nSPS) is 12.0. The third-order valence-corrected chi connectivity index (χ3v) is 18.6. The Kier molecular flexibility index (Phi) is 16.0. The summed E-state index contributed by atoms with van der Waals surface area (Å²) in [5.41, 5.74) is 11.1. The van der Waals surface area contributed by atoms with Gasteiger partial charge in [-0.3, -0.25) is 4.57 Å². The standard InChI is InChI=1S/C36H46ClN7O4Si2.C24H18ClN7O2/c1-25-9-11-28(20-33(25)44-36(45)43(39-40-44)24-47-16-18-50(6,7)8)48-35-38-31-21-29(26-10-12-32-27(19-26)13-14-41(32)2)30(37)22-34(31)42(35)23-46-15-17-49(3,4)5;1-13-3-5-16(10-22(13)32-24(33)28-29-30-32)34-23-26-19-11-17(18(25)12-20(19)27-23)14-4-6-21-15(9-14)7-8-31(21)2/h9-14,19-22H,15-18,23-24H2,1-8H3;3-12H,1-2H3,(H,26,27)(H,28,30,33). The van der Waals surface area contributed by atoms with Crippen molar-refractivity contribution < 1.29 is 18.9 Å². The summed E-state index contributed by atoms with van der Waals surface area (Å²) in [4.78, 5) is 37.9. The van der Waals surface area contributed by atoms with Crippen molar-refractivity contribution in [1.29, 1.82) is 0 Å². The molecule has 0 saturated carbocycles. The fraction of sp³-hybridized carbons (Fsp3) is 0.267. The monoisotopic (exact) mass is 1200 g/mol. The van der Waals surface area contributed by atoms with E-state index in [2.05, 4.69) is 133 Å². The van der Waals surface area contributed by atoms with E-state index in [0.29, 0.717) is 58.2 Å². The Morgan fingerprint density at radius 3 is 1.74 bits per heavy atom. The minimum atomic E-state index is -1.29. The maximum absolute atomic E-state index is 13.3. The molecule has 0 radical (unpaired) electrons. The first kappa shape index (κ1) is 57.4. The predicted molar refractivity (Wildman–Crippen MR) is 335 cm³/mol. The van der Waals surface area contributed by atoms with Crippen LogP contribution in [0.1, 0.15) is 11.1 Å². The molecule has 0 aliphatic rings. The quantitative estimate of drug-likeness (QED) is 0.0607. The number of H-pyrrole nitrogens is 2. The maximum Gasteiger partial charge on any atom is 0.370 e. The highest BCUT2D eigenvalue weighted by Gasteiger charge is 2.21. The predicted octanol–water partition coefficient (Wildman–Crippen LogP) is 13.1. The number of rotatable bonds is 18. The molecule has 6 aromatic heterocycles. The lowest BCUT2D eigenvalue weighted by Gasteiger charge is -2.16. The highest BCUT2D eigenvalue weighted by molar-refractivity contribution is 6.76. The third kappa shape index (κ3) is 12.4. The summed E-state index contributed by atoms with van der Waals surface area (Å²) in [6, 6.07) is 38.0. The molecule has 0 atom stereocenters. The first-order valence-corrected chi connectivity index (χ1v) is 35.6. The van der Waals surface area contributed by atoms with Crippen molar-refractivity contribution in [2.75, 3.05) is 13.2 Å². The molecular formula is C60H64Cl2N14O6Si2. The second kappa shape index (κ2) is 23.3. The van der Waals surface area contributed by atoms with Gasteiger partial charge in [-0.15, -0.1) is 0 Å². The van der Waals surface area contributed by atoms with Crippen molar-refractivity contribution in [3.63, 3.8) is 0 Å². The molecule has 0 saturated heterocycles. The molecule has 0 fully saturated rings. The first-order chi connectivity index (χ1) is 40.1. The highest BCUT2D eigenvalue weighted by atomic mass is 35.5. The average molecular weight is 1200 g/mol. The minimum absolute atomic E-state index is 0.0457. The van der Waals surface area contributed by atoms with Crippen LogP contribution in [0.5, 0.6) is 23.5 Å². The van der Waals surface area contributed by atoms with Gasteiger partial charge in [0.15, 0.2) is 0 Å². The SMILES string of the molecule is Cc1ccc(Oc2nc3cc(-c4ccc5c(ccn5C)c4)c(Cl)cc3[nH]2)cc1-n1nn[nH]c1=O.Cc1ccc(Oc2nc3cc(-c4ccc5c(ccn5C)c4)c(Cl)cc3n2COCC[Si](C)(C)C)cc1-n1nnn(COCC[Si](C)(C)C)c1=O. The summed E-state index contributed by atoms with van der Waals surface area (Å²) in [6.07, 6.45) is 4.08. The lowest BCUT2D eigenvalue weighted by atomic mass is 10.0. The van der Waals surface area contributed by atoms with Crippen molar-refractivity contribution in [2.45, 2.75) is 78.7 Å². The second-order valence-corrected chi connectivity index (χ2v) is 35.4. The van der Waals surface area contributed by atoms with E-state index < -0.39 is 27.5 Å². The van der Waals surface area contributed by atoms with Crippen LogP contribution in [0.25, 0.3) is 77.5 Å². The molecule has 12 aromatic rings. The minimum Gasteiger partial charge on any atom is -0.426 e. The summed E-state index contributed by atoms with van der Waals surface area (Å²) < 4.78 is 34.1. The molecular weight excluding hydrogens is 1140 g/mol. The number of hydrogen-bond donors (Lipinski definition) is 2. The molecule has 20 nitrogen and oxygen atoms in total. The van der Waals surface area contributed by atoms with Gasteiger partial charge in [-0.1, -0.05) is 86.7 Å². The van der Waals surface area contributed by atoms with E-state index in [4.69, 9.17) is 47.1 Å². The number of aromatic nitrogens is 14. The third-order valence-electron chi connectivity index (χ3n) is 14.5. The van der Waals surface area contributed by atoms with Crippen LogP contribution in [-0.2, 0) is 37.0 Å². The average Bonchev–Trinajstić information content (AvgIpc) is 4.34. The lowest BCUT2D eigenvalue weighted by Crippen LogP contribution is -2.27. The molecule has 0 unspecified atom stereocenters. The van der Waals surface area contributed by atoms with Gasteiger partial charge in [-0.05, 0) is 142 Å². The topological polar surface area (TPSA) is 210 Å². The largest absolute Gasteiger partial charge is 0.426 e. The number of nitrogens with zero attached hydrogens (tertiary/aromatic N) is 12. The first-order valence-electron chi connectivity index (χ1n) is 27.4. The Morgan fingerprint density at radius 1 is 0.571 bits per heavy atom. The Hall–Kier alpha value is -8.39. The van der Waals surface area contributed by atoms with Crippen molar-refractivity contribution in [3.05, 3.63) is 164 Å². The van der Waals surface area contributed by atoms with Crippen LogP contribution >= 0.6 is 23.2 Å². The molecule has 6 aromatic carbocycles. The van der Waals surface area contributed by atoms with Crippen LogP contribution in [0.3, 0.4) is 0 Å². The molecule has 12 rings (SSSR count). The van der Waals surface area contributed by atoms with E-state index in [9.17, 15) is 9.59 Å². The van der Waals surface area contributed by atoms with Gasteiger partial charge in [0.2, 0.25) is 0 Å². The van der Waals surface area contributed by atoms with Gasteiger partial charge in [0.1, 0.15) is 25.0 Å². The van der Waals surface area contributed by atoms with E-state index in [1.54, 1.807) is 18.2 Å². The van der Waals surface area contributed by atoms with Gasteiger partial charge in [0.05, 0.1) is 43.5 Å². The van der Waals surface area contributed by atoms with E-state index in [-0.39, 0.29) is 13.5 Å². The number of aryl methyl sites for hydroxylation is 4. The summed E-state index contributed by atoms with van der Waals surface area (Å²) in [5.74, 6) is 0.980. The number of nitrogens with one attached hydrogen (secondary N) is 2. The van der Waals surface area contributed by atoms with Gasteiger partial charge < -0.3 is 33.1 Å². The number of hydrogen-bond acceptors (Lipinski definition) is 12. The molecule has 0 bridgehead atoms. The van der Waals surface area contributed by atoms with E-state index >= 15 is 0 Å². The second-order valence-electron chi connectivity index (χ2n) is 23.3. The van der Waals surface area contributed by atoms with Crippen LogP contribution < -0.4 is 20.9 Å². The number of ether oxygens (including phenoxy) is 4. The molecule has 0 aliphatic heterocycles. The Balaban J connectivity index is 0.000000188. The number of imidazole rings is 2. The van der Waals surface area contributed by atoms with Crippen LogP contribution in [0.4, 0.5) is 0 Å². The van der Waals surface area contributed by atoms with Crippen molar-refractivity contribution in [3.8, 4) is 57.1 Å². The molecule has 84 heavy (non-hydrogen) atoms. The van der Waals surface area contributed by atoms with Crippen molar-refractivity contribution >= 4 is 83.2 Å². The van der Waals surface area contributed by atoms with Gasteiger partial charge in [0, 0.05) is 101 Å². The van der Waals surface area contributed by atoms with Crippen LogP contribution in [-0.4, -0.2) is 98.0 Å². The zero-order valence-corrected chi connectivity index (χ0v) is 51.9. The van der Waals surface area contributed by atoms with E-state index in [0.717, 1.165) is 89.3 Å². The van der Waals surface area contributed by atoms with Crippen LogP contribution in [0.2, 0.25) is 61.4 Å². The fourth-order valence-electron chi connectivity index (χ4n) is 9.63. The fourth-order valence-corrected chi connectivity index (χ4v) is 11.7. The van der Waals surface area contributed by atoms with Gasteiger partial charge >= 0.3 is 17.4 Å². The number of halogens is 2. The number of fused-ring (bicyclic) bond motifs is 4. The zero-order valence-electron chi connectivity index (χ0n) is 48.4. The maximum atomic E-state index is 13.3. The van der Waals surface area contributed by atoms with Crippen molar-refractivity contribution in [1.82, 2.24) is 68.7 Å². The van der Waals surface area contributed by atoms with E-state index in [1.807, 2.05) is 87.4 Å². The van der Waals surface area contributed by atoms with Crippen molar-refractivity contribution in [2.24, 2.45) is 14.1 Å². The smallest absolute Gasteiger partial charge is 0.370 e. The van der Waals surface area contributed by atoms with Crippen LogP contribution in [0.15, 0.2) is 131 Å². The summed E-state index contributed by atoms with van der Waals surface area (Å²) in [6.45, 7) is 19.1. The number of tetrazole rings is 2. The summed E-state index contributed by atoms with van der Waals surface area (Å²) in [5, 5.41) is 21.3. The van der Waals surface area contributed by atoms with Gasteiger partial charge in [-0.25, -0.2) is 14.7 Å². The van der Waals surface area contributed by atoms with Gasteiger partial charge in [-0.2, -0.15) is 24.0 Å². The Labute approximate surface area is 495 Å². The molecule has 432 valence electrons. The summed E-state index contributed by atoms with van der Waals surface area (Å²) >= 11 is 13.6. The summed E-state index contributed by atoms with van der Waals surface area (Å²) in [7, 11) is 1.51. The lowest BCUT2D eigenvalue weighted by molar-refractivity contribution is 0.0748. The molecule has 0 aliphatic carbocycles. The van der Waals surface area contributed by atoms with Crippen LogP contribution in [0, 0.1) is 13.8 Å². The molecule has 0 spiro atoms. The molecule has 0 amide bonds. The molecule has 24 heteroatoms. The van der Waals surface area contributed by atoms with Gasteiger partial charge in [0.25, 0.3) is 6.01 Å². The molecule has 2 N–H and O–H groups in total. The Morgan fingerprint density at radius 2 is 1.14 bits per heavy atom. The van der Waals surface area contributed by atoms with E-state index in [1.165, 1.54) is 14.0 Å². The number of aromatic amines is 2. The highest BCUT2D eigenvalue weighted by Crippen LogP contribution is 2.38. The Bertz CT molecular complexity index is 4540.